The number of nitrogens with zero attached hydrogens (tertiary/aromatic N) is 1. The molecule has 3 heteroatoms. The first-order chi connectivity index (χ1) is 8.11. The van der Waals surface area contributed by atoms with E-state index in [4.69, 9.17) is 5.73 Å². The van der Waals surface area contributed by atoms with Gasteiger partial charge in [-0.05, 0) is 32.1 Å². The molecule has 0 heterocycles. The summed E-state index contributed by atoms with van der Waals surface area (Å²) in [5, 5.41) is 3.32. The molecule has 100 valence electrons. The van der Waals surface area contributed by atoms with Gasteiger partial charge in [0.05, 0.1) is 6.04 Å². The largest absolute Gasteiger partial charge is 0.370 e. The lowest BCUT2D eigenvalue weighted by Gasteiger charge is -2.21. The normalized spacial score (nSPS) is 22.2. The van der Waals surface area contributed by atoms with Crippen molar-refractivity contribution in [3.63, 3.8) is 0 Å². The Morgan fingerprint density at radius 1 is 1.29 bits per heavy atom. The summed E-state index contributed by atoms with van der Waals surface area (Å²) in [6.07, 6.45) is 8.80. The molecule has 0 spiro atoms. The SMILES string of the molecule is CCC(C)CC(C)NC(N)=NC1CCCCC1. The summed E-state index contributed by atoms with van der Waals surface area (Å²) in [5.74, 6) is 1.40. The first-order valence-corrected chi connectivity index (χ1v) is 7.21. The van der Waals surface area contributed by atoms with E-state index in [2.05, 4.69) is 31.1 Å². The summed E-state index contributed by atoms with van der Waals surface area (Å²) < 4.78 is 0. The van der Waals surface area contributed by atoms with Crippen LogP contribution in [0.25, 0.3) is 0 Å². The molecule has 1 aliphatic carbocycles. The lowest BCUT2D eigenvalue weighted by molar-refractivity contribution is 0.433. The van der Waals surface area contributed by atoms with Crippen LogP contribution in [0.1, 0.15) is 65.7 Å². The van der Waals surface area contributed by atoms with Gasteiger partial charge >= 0.3 is 0 Å². The average Bonchev–Trinajstić information content (AvgIpc) is 2.29. The fourth-order valence-corrected chi connectivity index (χ4v) is 2.53. The maximum atomic E-state index is 5.96. The van der Waals surface area contributed by atoms with Gasteiger partial charge in [0.2, 0.25) is 0 Å². The van der Waals surface area contributed by atoms with Gasteiger partial charge in [-0.15, -0.1) is 0 Å². The van der Waals surface area contributed by atoms with Crippen LogP contribution in [-0.2, 0) is 0 Å². The van der Waals surface area contributed by atoms with E-state index in [-0.39, 0.29) is 0 Å². The molecule has 0 bridgehead atoms. The van der Waals surface area contributed by atoms with Crippen molar-refractivity contribution in [2.24, 2.45) is 16.6 Å². The summed E-state index contributed by atoms with van der Waals surface area (Å²) >= 11 is 0. The highest BCUT2D eigenvalue weighted by Gasteiger charge is 2.13. The third-order valence-corrected chi connectivity index (χ3v) is 3.74. The Bertz CT molecular complexity index is 232. The number of nitrogens with one attached hydrogen (secondary N) is 1. The van der Waals surface area contributed by atoms with Gasteiger partial charge < -0.3 is 11.1 Å². The first-order valence-electron chi connectivity index (χ1n) is 7.21. The topological polar surface area (TPSA) is 50.4 Å². The molecule has 2 atom stereocenters. The fourth-order valence-electron chi connectivity index (χ4n) is 2.53. The van der Waals surface area contributed by atoms with E-state index in [0.29, 0.717) is 18.0 Å². The first kappa shape index (κ1) is 14.3. The summed E-state index contributed by atoms with van der Waals surface area (Å²) in [7, 11) is 0. The zero-order chi connectivity index (χ0) is 12.7. The summed E-state index contributed by atoms with van der Waals surface area (Å²) in [5.41, 5.74) is 5.96. The van der Waals surface area contributed by atoms with Crippen LogP contribution >= 0.6 is 0 Å². The van der Waals surface area contributed by atoms with Crippen LogP contribution in [0, 0.1) is 5.92 Å². The molecule has 3 nitrogen and oxygen atoms in total. The van der Waals surface area contributed by atoms with Crippen molar-refractivity contribution in [1.82, 2.24) is 5.32 Å². The van der Waals surface area contributed by atoms with Crippen LogP contribution in [0.2, 0.25) is 0 Å². The lowest BCUT2D eigenvalue weighted by atomic mass is 9.96. The highest BCUT2D eigenvalue weighted by molar-refractivity contribution is 5.78. The second-order valence-corrected chi connectivity index (χ2v) is 5.60. The van der Waals surface area contributed by atoms with Crippen molar-refractivity contribution >= 4 is 5.96 Å². The van der Waals surface area contributed by atoms with Gasteiger partial charge in [-0.2, -0.15) is 0 Å². The van der Waals surface area contributed by atoms with Gasteiger partial charge in [0.1, 0.15) is 0 Å². The Balaban J connectivity index is 2.31. The molecule has 1 saturated carbocycles. The molecule has 0 amide bonds. The molecular formula is C14H29N3. The Morgan fingerprint density at radius 2 is 1.94 bits per heavy atom. The van der Waals surface area contributed by atoms with Crippen molar-refractivity contribution in [3.8, 4) is 0 Å². The van der Waals surface area contributed by atoms with Crippen LogP contribution in [0.4, 0.5) is 0 Å². The van der Waals surface area contributed by atoms with Crippen molar-refractivity contribution in [1.29, 1.82) is 0 Å². The molecular weight excluding hydrogens is 210 g/mol. The molecule has 0 radical (unpaired) electrons. The monoisotopic (exact) mass is 239 g/mol. The smallest absolute Gasteiger partial charge is 0.189 e. The number of hydrogen-bond acceptors (Lipinski definition) is 1. The van der Waals surface area contributed by atoms with Crippen LogP contribution in [0.5, 0.6) is 0 Å². The second kappa shape index (κ2) is 7.57. The van der Waals surface area contributed by atoms with Crippen molar-refractivity contribution in [2.45, 2.75) is 77.8 Å². The Kier molecular flexibility index (Phi) is 6.38. The average molecular weight is 239 g/mol. The predicted molar refractivity (Wildman–Crippen MR) is 75.2 cm³/mol. The maximum Gasteiger partial charge on any atom is 0.189 e. The number of rotatable bonds is 5. The number of guanidine groups is 1. The van der Waals surface area contributed by atoms with Crippen LogP contribution < -0.4 is 11.1 Å². The van der Waals surface area contributed by atoms with Crippen LogP contribution in [-0.4, -0.2) is 18.0 Å². The summed E-state index contributed by atoms with van der Waals surface area (Å²) in [6, 6.07) is 0.893. The standard InChI is InChI=1S/C14H29N3/c1-4-11(2)10-12(3)16-14(15)17-13-8-6-5-7-9-13/h11-13H,4-10H2,1-3H3,(H3,15,16,17). The molecule has 0 aromatic rings. The number of nitrogens with two attached hydrogens (primary N) is 1. The van der Waals surface area contributed by atoms with E-state index < -0.39 is 0 Å². The molecule has 3 N–H and O–H groups in total. The van der Waals surface area contributed by atoms with Crippen LogP contribution in [0.15, 0.2) is 4.99 Å². The number of hydrogen-bond donors (Lipinski definition) is 2. The van der Waals surface area contributed by atoms with Crippen molar-refractivity contribution < 1.29 is 0 Å². The van der Waals surface area contributed by atoms with E-state index in [9.17, 15) is 0 Å². The minimum Gasteiger partial charge on any atom is -0.370 e. The van der Waals surface area contributed by atoms with E-state index in [0.717, 1.165) is 12.3 Å². The van der Waals surface area contributed by atoms with Gasteiger partial charge in [0, 0.05) is 6.04 Å². The second-order valence-electron chi connectivity index (χ2n) is 5.60. The van der Waals surface area contributed by atoms with Gasteiger partial charge in [-0.25, -0.2) is 0 Å². The molecule has 1 fully saturated rings. The fraction of sp³-hybridized carbons (Fsp3) is 0.929. The van der Waals surface area contributed by atoms with Gasteiger partial charge in [-0.1, -0.05) is 39.5 Å². The highest BCUT2D eigenvalue weighted by atomic mass is 15.1. The Morgan fingerprint density at radius 3 is 2.53 bits per heavy atom. The van der Waals surface area contributed by atoms with E-state index >= 15 is 0 Å². The molecule has 0 aromatic carbocycles. The van der Waals surface area contributed by atoms with Crippen LogP contribution in [0.3, 0.4) is 0 Å². The predicted octanol–water partition coefficient (Wildman–Crippen LogP) is 3.05. The summed E-state index contributed by atoms with van der Waals surface area (Å²) in [6.45, 7) is 6.71. The molecule has 0 saturated heterocycles. The molecule has 17 heavy (non-hydrogen) atoms. The zero-order valence-corrected chi connectivity index (χ0v) is 11.7. The van der Waals surface area contributed by atoms with E-state index in [1.54, 1.807) is 0 Å². The lowest BCUT2D eigenvalue weighted by Crippen LogP contribution is -2.40. The van der Waals surface area contributed by atoms with Crippen molar-refractivity contribution in [2.75, 3.05) is 0 Å². The minimum absolute atomic E-state index is 0.428. The highest BCUT2D eigenvalue weighted by Crippen LogP contribution is 2.20. The molecule has 0 aliphatic heterocycles. The quantitative estimate of drug-likeness (QED) is 0.572. The third kappa shape index (κ3) is 5.94. The molecule has 1 aliphatic rings. The molecule has 1 rings (SSSR count). The Labute approximate surface area is 106 Å². The maximum absolute atomic E-state index is 5.96. The summed E-state index contributed by atoms with van der Waals surface area (Å²) in [4.78, 5) is 4.59. The van der Waals surface area contributed by atoms with Crippen molar-refractivity contribution in [3.05, 3.63) is 0 Å². The number of aliphatic imine (C=N–C) groups is 1. The van der Waals surface area contributed by atoms with Gasteiger partial charge in [0.15, 0.2) is 5.96 Å². The third-order valence-electron chi connectivity index (χ3n) is 3.74. The Hall–Kier alpha value is -0.730. The zero-order valence-electron chi connectivity index (χ0n) is 11.7. The molecule has 2 unspecified atom stereocenters. The van der Waals surface area contributed by atoms with E-state index in [1.807, 2.05) is 0 Å². The van der Waals surface area contributed by atoms with Gasteiger partial charge in [0.25, 0.3) is 0 Å². The van der Waals surface area contributed by atoms with Gasteiger partial charge in [-0.3, -0.25) is 4.99 Å². The molecule has 0 aromatic heterocycles. The minimum atomic E-state index is 0.428. The van der Waals surface area contributed by atoms with E-state index in [1.165, 1.54) is 38.5 Å².